The second-order valence-electron chi connectivity index (χ2n) is 4.52. The molecule has 7 heteroatoms. The van der Waals surface area contributed by atoms with Crippen LogP contribution in [0.5, 0.6) is 0 Å². The first-order valence-corrected chi connectivity index (χ1v) is 6.82. The SMILES string of the molecule is FC(F)(F)Cn1c(C2OCCO2)cc2c(Br)cccc21. The van der Waals surface area contributed by atoms with E-state index in [0.717, 1.165) is 4.47 Å². The smallest absolute Gasteiger partial charge is 0.345 e. The van der Waals surface area contributed by atoms with Crippen LogP contribution in [0.1, 0.15) is 12.0 Å². The van der Waals surface area contributed by atoms with Gasteiger partial charge in [0, 0.05) is 15.4 Å². The van der Waals surface area contributed by atoms with Crippen LogP contribution in [0.2, 0.25) is 0 Å². The van der Waals surface area contributed by atoms with Crippen molar-refractivity contribution >= 4 is 26.8 Å². The first kappa shape index (κ1) is 13.9. The summed E-state index contributed by atoms with van der Waals surface area (Å²) in [5.41, 5.74) is 0.896. The number of ether oxygens (including phenoxy) is 2. The molecule has 0 unspecified atom stereocenters. The number of halogens is 4. The number of fused-ring (bicyclic) bond motifs is 1. The molecule has 2 aromatic rings. The van der Waals surface area contributed by atoms with Gasteiger partial charge in [0.15, 0.2) is 6.29 Å². The molecule has 1 aromatic heterocycles. The van der Waals surface area contributed by atoms with Gasteiger partial charge >= 0.3 is 6.18 Å². The first-order chi connectivity index (χ1) is 9.46. The lowest BCUT2D eigenvalue weighted by atomic mass is 10.2. The van der Waals surface area contributed by atoms with Gasteiger partial charge in [-0.25, -0.2) is 0 Å². The minimum absolute atomic E-state index is 0.388. The Morgan fingerprint density at radius 1 is 1.25 bits per heavy atom. The number of nitrogens with zero attached hydrogens (tertiary/aromatic N) is 1. The third-order valence-electron chi connectivity index (χ3n) is 3.13. The molecule has 0 amide bonds. The topological polar surface area (TPSA) is 23.4 Å². The van der Waals surface area contributed by atoms with E-state index in [2.05, 4.69) is 15.9 Å². The molecular weight excluding hydrogens is 339 g/mol. The number of hydrogen-bond acceptors (Lipinski definition) is 2. The molecule has 1 aromatic carbocycles. The van der Waals surface area contributed by atoms with Crippen LogP contribution in [0, 0.1) is 0 Å². The van der Waals surface area contributed by atoms with Gasteiger partial charge in [-0.15, -0.1) is 0 Å². The highest BCUT2D eigenvalue weighted by Gasteiger charge is 2.32. The van der Waals surface area contributed by atoms with Gasteiger partial charge in [-0.3, -0.25) is 0 Å². The Morgan fingerprint density at radius 3 is 2.60 bits per heavy atom. The van der Waals surface area contributed by atoms with Gasteiger partial charge in [-0.2, -0.15) is 13.2 Å². The van der Waals surface area contributed by atoms with E-state index >= 15 is 0 Å². The van der Waals surface area contributed by atoms with Gasteiger partial charge in [0.2, 0.25) is 0 Å². The van der Waals surface area contributed by atoms with Crippen molar-refractivity contribution in [3.05, 3.63) is 34.4 Å². The number of aromatic nitrogens is 1. The van der Waals surface area contributed by atoms with Crippen molar-refractivity contribution in [1.29, 1.82) is 0 Å². The van der Waals surface area contributed by atoms with Crippen molar-refractivity contribution < 1.29 is 22.6 Å². The Kier molecular flexibility index (Phi) is 3.51. The fourth-order valence-electron chi connectivity index (χ4n) is 2.35. The summed E-state index contributed by atoms with van der Waals surface area (Å²) in [6, 6.07) is 6.84. The maximum atomic E-state index is 12.8. The van der Waals surface area contributed by atoms with E-state index in [4.69, 9.17) is 9.47 Å². The summed E-state index contributed by atoms with van der Waals surface area (Å²) in [5.74, 6) is 0. The Morgan fingerprint density at radius 2 is 1.95 bits per heavy atom. The quantitative estimate of drug-likeness (QED) is 0.817. The van der Waals surface area contributed by atoms with Crippen molar-refractivity contribution in [3.8, 4) is 0 Å². The minimum atomic E-state index is -4.30. The average Bonchev–Trinajstić information content (AvgIpc) is 2.96. The molecule has 3 nitrogen and oxygen atoms in total. The zero-order valence-corrected chi connectivity index (χ0v) is 11.9. The van der Waals surface area contributed by atoms with Crippen LogP contribution in [0.25, 0.3) is 10.9 Å². The molecule has 0 bridgehead atoms. The van der Waals surface area contributed by atoms with Gasteiger partial charge < -0.3 is 14.0 Å². The molecule has 0 spiro atoms. The van der Waals surface area contributed by atoms with Crippen LogP contribution in [0.15, 0.2) is 28.7 Å². The van der Waals surface area contributed by atoms with E-state index in [1.165, 1.54) is 4.57 Å². The van der Waals surface area contributed by atoms with Crippen molar-refractivity contribution in [1.82, 2.24) is 4.57 Å². The van der Waals surface area contributed by atoms with Crippen LogP contribution in [0.3, 0.4) is 0 Å². The molecule has 0 radical (unpaired) electrons. The maximum Gasteiger partial charge on any atom is 0.406 e. The van der Waals surface area contributed by atoms with Crippen LogP contribution >= 0.6 is 15.9 Å². The molecular formula is C13H11BrF3NO2. The summed E-state index contributed by atoms with van der Waals surface area (Å²) in [6.45, 7) is -0.287. The number of benzene rings is 1. The summed E-state index contributed by atoms with van der Waals surface area (Å²) in [7, 11) is 0. The minimum Gasteiger partial charge on any atom is -0.345 e. The largest absolute Gasteiger partial charge is 0.406 e. The molecule has 1 aliphatic heterocycles. The van der Waals surface area contributed by atoms with E-state index in [-0.39, 0.29) is 0 Å². The normalized spacial score (nSPS) is 17.2. The highest BCUT2D eigenvalue weighted by atomic mass is 79.9. The molecule has 0 atom stereocenters. The molecule has 0 N–H and O–H groups in total. The molecule has 1 fully saturated rings. The van der Waals surface area contributed by atoms with E-state index in [9.17, 15) is 13.2 Å². The number of rotatable bonds is 2. The molecule has 3 rings (SSSR count). The monoisotopic (exact) mass is 349 g/mol. The van der Waals surface area contributed by atoms with Gasteiger partial charge in [0.1, 0.15) is 6.54 Å². The maximum absolute atomic E-state index is 12.8. The third-order valence-corrected chi connectivity index (χ3v) is 3.82. The molecule has 20 heavy (non-hydrogen) atoms. The lowest BCUT2D eigenvalue weighted by molar-refractivity contribution is -0.142. The lowest BCUT2D eigenvalue weighted by Gasteiger charge is -2.16. The zero-order chi connectivity index (χ0) is 14.3. The molecule has 2 heterocycles. The van der Waals surface area contributed by atoms with Crippen molar-refractivity contribution in [2.24, 2.45) is 0 Å². The Labute approximate surface area is 121 Å². The van der Waals surface area contributed by atoms with Crippen LogP contribution in [-0.2, 0) is 16.0 Å². The second kappa shape index (κ2) is 5.05. The lowest BCUT2D eigenvalue weighted by Crippen LogP contribution is -2.20. The van der Waals surface area contributed by atoms with E-state index in [1.54, 1.807) is 24.3 Å². The summed E-state index contributed by atoms with van der Waals surface area (Å²) < 4.78 is 51.0. The van der Waals surface area contributed by atoms with Crippen molar-refractivity contribution in [2.45, 2.75) is 19.0 Å². The molecule has 0 saturated carbocycles. The first-order valence-electron chi connectivity index (χ1n) is 6.03. The fraction of sp³-hybridized carbons (Fsp3) is 0.385. The van der Waals surface area contributed by atoms with E-state index < -0.39 is 19.0 Å². The second-order valence-corrected chi connectivity index (χ2v) is 5.37. The van der Waals surface area contributed by atoms with Gasteiger partial charge in [0.05, 0.1) is 18.9 Å². The number of alkyl halides is 3. The van der Waals surface area contributed by atoms with Gasteiger partial charge in [0.25, 0.3) is 0 Å². The van der Waals surface area contributed by atoms with E-state index in [1.807, 2.05) is 0 Å². The van der Waals surface area contributed by atoms with E-state index in [0.29, 0.717) is 29.8 Å². The Hall–Kier alpha value is -1.05. The van der Waals surface area contributed by atoms with Gasteiger partial charge in [-0.05, 0) is 18.2 Å². The van der Waals surface area contributed by atoms with Gasteiger partial charge in [-0.1, -0.05) is 22.0 Å². The Bertz CT molecular complexity index is 632. The predicted molar refractivity (Wildman–Crippen MR) is 70.3 cm³/mol. The van der Waals surface area contributed by atoms with Crippen molar-refractivity contribution in [2.75, 3.05) is 13.2 Å². The predicted octanol–water partition coefficient (Wildman–Crippen LogP) is 4.01. The standard InChI is InChI=1S/C13H11BrF3NO2/c14-9-2-1-3-10-8(9)6-11(12-19-4-5-20-12)18(10)7-13(15,16)17/h1-3,6,12H,4-5,7H2. The van der Waals surface area contributed by atoms with Crippen LogP contribution in [0.4, 0.5) is 13.2 Å². The van der Waals surface area contributed by atoms with Crippen LogP contribution < -0.4 is 0 Å². The summed E-state index contributed by atoms with van der Waals surface area (Å²) in [5, 5.41) is 0.714. The highest BCUT2D eigenvalue weighted by Crippen LogP contribution is 2.35. The summed E-state index contributed by atoms with van der Waals surface area (Å²) in [4.78, 5) is 0. The third kappa shape index (κ3) is 2.57. The summed E-state index contributed by atoms with van der Waals surface area (Å²) >= 11 is 3.36. The van der Waals surface area contributed by atoms with Crippen LogP contribution in [-0.4, -0.2) is 24.0 Å². The molecule has 1 saturated heterocycles. The molecule has 1 aliphatic rings. The average molecular weight is 350 g/mol. The molecule has 108 valence electrons. The number of hydrogen-bond donors (Lipinski definition) is 0. The summed E-state index contributed by atoms with van der Waals surface area (Å²) in [6.07, 6.45) is -5.04. The highest BCUT2D eigenvalue weighted by molar-refractivity contribution is 9.10. The zero-order valence-electron chi connectivity index (χ0n) is 10.3. The molecule has 0 aliphatic carbocycles. The Balaban J connectivity index is 2.16. The fourth-order valence-corrected chi connectivity index (χ4v) is 2.82. The van der Waals surface area contributed by atoms with Crippen molar-refractivity contribution in [3.63, 3.8) is 0 Å².